The third kappa shape index (κ3) is 3.20. The van der Waals surface area contributed by atoms with Crippen LogP contribution in [0.5, 0.6) is 0 Å². The summed E-state index contributed by atoms with van der Waals surface area (Å²) in [7, 11) is 0. The minimum atomic E-state index is -4.29. The average Bonchev–Trinajstić information content (AvgIpc) is 2.14. The molecule has 14 heavy (non-hydrogen) atoms. The smallest absolute Gasteiger partial charge is 0.361 e. The van der Waals surface area contributed by atoms with E-state index in [-0.39, 0.29) is 12.7 Å². The Hall–Kier alpha value is -0.740. The first-order valence-corrected chi connectivity index (χ1v) is 4.37. The summed E-state index contributed by atoms with van der Waals surface area (Å²) in [5.74, 6) is 0. The number of hydrogen-bond donors (Lipinski definition) is 0. The molecule has 0 saturated heterocycles. The molecule has 78 valence electrons. The van der Waals surface area contributed by atoms with Gasteiger partial charge < -0.3 is 4.74 Å². The number of benzene rings is 1. The topological polar surface area (TPSA) is 9.23 Å². The van der Waals surface area contributed by atoms with E-state index in [0.29, 0.717) is 5.56 Å². The van der Waals surface area contributed by atoms with E-state index in [1.54, 1.807) is 0 Å². The van der Waals surface area contributed by atoms with E-state index >= 15 is 0 Å². The number of alkyl halides is 4. The fourth-order valence-corrected chi connectivity index (χ4v) is 1.02. The van der Waals surface area contributed by atoms with Crippen LogP contribution in [0.2, 0.25) is 0 Å². The van der Waals surface area contributed by atoms with E-state index in [0.717, 1.165) is 12.1 Å². The van der Waals surface area contributed by atoms with Crippen molar-refractivity contribution in [1.82, 2.24) is 0 Å². The van der Waals surface area contributed by atoms with Gasteiger partial charge in [-0.2, -0.15) is 13.2 Å². The van der Waals surface area contributed by atoms with Gasteiger partial charge in [0, 0.05) is 0 Å². The molecule has 0 aliphatic heterocycles. The van der Waals surface area contributed by atoms with Crippen LogP contribution in [0.4, 0.5) is 13.2 Å². The molecule has 0 radical (unpaired) electrons. The Morgan fingerprint density at radius 1 is 1.14 bits per heavy atom. The maximum absolute atomic E-state index is 12.1. The minimum absolute atomic E-state index is 0.0288. The number of halogens is 4. The number of ether oxygens (including phenoxy) is 1. The predicted octanol–water partition coefficient (Wildman–Crippen LogP) is 3.42. The van der Waals surface area contributed by atoms with Crippen LogP contribution in [-0.2, 0) is 17.5 Å². The van der Waals surface area contributed by atoms with E-state index in [1.165, 1.54) is 12.1 Å². The molecule has 0 saturated carbocycles. The second kappa shape index (κ2) is 4.66. The zero-order valence-electron chi connectivity index (χ0n) is 7.14. The summed E-state index contributed by atoms with van der Waals surface area (Å²) in [6, 6.07) is 4.81. The minimum Gasteiger partial charge on any atom is -0.361 e. The lowest BCUT2D eigenvalue weighted by Crippen LogP contribution is -2.04. The van der Waals surface area contributed by atoms with Crippen molar-refractivity contribution >= 4 is 11.6 Å². The molecule has 1 rings (SSSR count). The molecule has 0 aromatic heterocycles. The van der Waals surface area contributed by atoms with Crippen molar-refractivity contribution in [2.45, 2.75) is 12.8 Å². The first-order valence-electron chi connectivity index (χ1n) is 3.84. The lowest BCUT2D eigenvalue weighted by atomic mass is 10.1. The normalized spacial score (nSPS) is 11.7. The molecule has 0 fully saturated rings. The molecular formula is C9H8ClF3O. The van der Waals surface area contributed by atoms with Gasteiger partial charge in [0.25, 0.3) is 0 Å². The molecule has 1 aromatic rings. The van der Waals surface area contributed by atoms with Crippen molar-refractivity contribution in [2.75, 3.05) is 6.07 Å². The highest BCUT2D eigenvalue weighted by Gasteiger charge is 2.29. The Kier molecular flexibility index (Phi) is 3.77. The summed E-state index contributed by atoms with van der Waals surface area (Å²) < 4.78 is 41.2. The second-order valence-electron chi connectivity index (χ2n) is 2.65. The maximum Gasteiger partial charge on any atom is 0.416 e. The van der Waals surface area contributed by atoms with E-state index < -0.39 is 11.7 Å². The van der Waals surface area contributed by atoms with Crippen LogP contribution in [0.1, 0.15) is 11.1 Å². The predicted molar refractivity (Wildman–Crippen MR) is 47.0 cm³/mol. The Balaban J connectivity index is 2.69. The Bertz CT molecular complexity index is 281. The summed E-state index contributed by atoms with van der Waals surface area (Å²) in [5.41, 5.74) is 0.00535. The quantitative estimate of drug-likeness (QED) is 0.715. The maximum atomic E-state index is 12.1. The lowest BCUT2D eigenvalue weighted by Gasteiger charge is -2.07. The fraction of sp³-hybridized carbons (Fsp3) is 0.333. The van der Waals surface area contributed by atoms with E-state index in [1.807, 2.05) is 0 Å². The SMILES string of the molecule is FC(F)(F)c1ccc(COCCl)cc1. The molecule has 0 unspecified atom stereocenters. The highest BCUT2D eigenvalue weighted by molar-refractivity contribution is 6.17. The van der Waals surface area contributed by atoms with Gasteiger partial charge in [-0.25, -0.2) is 0 Å². The lowest BCUT2D eigenvalue weighted by molar-refractivity contribution is -0.137. The molecule has 5 heteroatoms. The summed E-state index contributed by atoms with van der Waals surface area (Å²) >= 11 is 5.25. The molecule has 0 atom stereocenters. The van der Waals surface area contributed by atoms with E-state index in [4.69, 9.17) is 16.3 Å². The van der Waals surface area contributed by atoms with Gasteiger partial charge in [-0.15, -0.1) is 0 Å². The van der Waals surface area contributed by atoms with Crippen molar-refractivity contribution in [3.05, 3.63) is 35.4 Å². The highest BCUT2D eigenvalue weighted by atomic mass is 35.5. The van der Waals surface area contributed by atoms with Crippen LogP contribution in [0.25, 0.3) is 0 Å². The van der Waals surface area contributed by atoms with Gasteiger partial charge in [0.1, 0.15) is 6.07 Å². The molecule has 0 bridgehead atoms. The van der Waals surface area contributed by atoms with Crippen molar-refractivity contribution in [3.8, 4) is 0 Å². The van der Waals surface area contributed by atoms with Gasteiger partial charge in [-0.3, -0.25) is 0 Å². The molecule has 0 heterocycles. The molecule has 0 aliphatic carbocycles. The summed E-state index contributed by atoms with van der Waals surface area (Å²) in [5, 5.41) is 0. The second-order valence-corrected chi connectivity index (χ2v) is 2.87. The van der Waals surface area contributed by atoms with Crippen LogP contribution in [-0.4, -0.2) is 6.07 Å². The molecule has 1 aromatic carbocycles. The molecule has 0 spiro atoms. The average molecular weight is 225 g/mol. The summed E-state index contributed by atoms with van der Waals surface area (Å²) in [4.78, 5) is 0. The Labute approximate surface area is 84.4 Å². The van der Waals surface area contributed by atoms with Crippen molar-refractivity contribution in [1.29, 1.82) is 0 Å². The first kappa shape index (κ1) is 11.3. The third-order valence-corrected chi connectivity index (χ3v) is 1.78. The first-order chi connectivity index (χ1) is 6.54. The van der Waals surface area contributed by atoms with Gasteiger partial charge in [-0.1, -0.05) is 23.7 Å². The van der Waals surface area contributed by atoms with E-state index in [9.17, 15) is 13.2 Å². The standard InChI is InChI=1S/C9H8ClF3O/c10-6-14-5-7-1-3-8(4-2-7)9(11,12)13/h1-4H,5-6H2. The Morgan fingerprint density at radius 3 is 2.14 bits per heavy atom. The van der Waals surface area contributed by atoms with Gasteiger partial charge in [0.15, 0.2) is 0 Å². The summed E-state index contributed by atoms with van der Waals surface area (Å²) in [6.07, 6.45) is -4.29. The van der Waals surface area contributed by atoms with Crippen LogP contribution in [0, 0.1) is 0 Å². The van der Waals surface area contributed by atoms with Crippen LogP contribution in [0.15, 0.2) is 24.3 Å². The largest absolute Gasteiger partial charge is 0.416 e. The zero-order valence-corrected chi connectivity index (χ0v) is 7.90. The van der Waals surface area contributed by atoms with E-state index in [2.05, 4.69) is 0 Å². The molecule has 1 nitrogen and oxygen atoms in total. The molecule has 0 N–H and O–H groups in total. The van der Waals surface area contributed by atoms with Gasteiger partial charge in [-0.05, 0) is 17.7 Å². The van der Waals surface area contributed by atoms with Gasteiger partial charge in [0.05, 0.1) is 12.2 Å². The number of rotatable bonds is 3. The van der Waals surface area contributed by atoms with Crippen molar-refractivity contribution < 1.29 is 17.9 Å². The van der Waals surface area contributed by atoms with Gasteiger partial charge in [0.2, 0.25) is 0 Å². The summed E-state index contributed by atoms with van der Waals surface area (Å²) in [6.45, 7) is 0.224. The monoisotopic (exact) mass is 224 g/mol. The fourth-order valence-electron chi connectivity index (χ4n) is 0.946. The van der Waals surface area contributed by atoms with Gasteiger partial charge >= 0.3 is 6.18 Å². The molecule has 0 aliphatic rings. The molecular weight excluding hydrogens is 217 g/mol. The third-order valence-electron chi connectivity index (χ3n) is 1.63. The number of hydrogen-bond acceptors (Lipinski definition) is 1. The Morgan fingerprint density at radius 2 is 1.71 bits per heavy atom. The van der Waals surface area contributed by atoms with Crippen molar-refractivity contribution in [3.63, 3.8) is 0 Å². The van der Waals surface area contributed by atoms with Crippen LogP contribution >= 0.6 is 11.6 Å². The zero-order chi connectivity index (χ0) is 10.6. The molecule has 0 amide bonds. The van der Waals surface area contributed by atoms with Crippen molar-refractivity contribution in [2.24, 2.45) is 0 Å². The van der Waals surface area contributed by atoms with Crippen LogP contribution in [0.3, 0.4) is 0 Å². The highest BCUT2D eigenvalue weighted by Crippen LogP contribution is 2.29. The van der Waals surface area contributed by atoms with Crippen LogP contribution < -0.4 is 0 Å².